The molecule has 0 saturated carbocycles. The fraction of sp³-hybridized carbons (Fsp3) is 0.263. The molecule has 2 rings (SSSR count). The molecular weight excluding hydrogens is 398 g/mol. The van der Waals surface area contributed by atoms with E-state index in [0.717, 1.165) is 12.0 Å². The lowest BCUT2D eigenvalue weighted by Crippen LogP contribution is -2.43. The minimum absolute atomic E-state index is 0.0492. The number of hydrazine groups is 1. The van der Waals surface area contributed by atoms with Crippen molar-refractivity contribution in [2.45, 2.75) is 18.2 Å². The van der Waals surface area contributed by atoms with Crippen LogP contribution >= 0.6 is 0 Å². The van der Waals surface area contributed by atoms with E-state index in [0.29, 0.717) is 10.2 Å². The summed E-state index contributed by atoms with van der Waals surface area (Å²) in [6, 6.07) is 12.7. The maximum Gasteiger partial charge on any atom is 0.276 e. The number of hydrogen-bond donors (Lipinski definition) is 2. The smallest absolute Gasteiger partial charge is 0.276 e. The molecule has 0 saturated heterocycles. The monoisotopic (exact) mass is 421 g/mol. The molecule has 2 N–H and O–H groups in total. The van der Waals surface area contributed by atoms with E-state index in [1.54, 1.807) is 12.1 Å². The van der Waals surface area contributed by atoms with E-state index in [2.05, 4.69) is 10.9 Å². The van der Waals surface area contributed by atoms with Gasteiger partial charge in [-0.3, -0.25) is 25.3 Å². The zero-order chi connectivity index (χ0) is 21.4. The summed E-state index contributed by atoms with van der Waals surface area (Å²) in [4.78, 5) is 28.7. The van der Waals surface area contributed by atoms with E-state index in [-0.39, 0.29) is 17.1 Å². The van der Waals surface area contributed by atoms with E-state index in [4.69, 9.17) is 9.57 Å². The van der Waals surface area contributed by atoms with E-state index >= 15 is 0 Å². The molecule has 9 nitrogen and oxygen atoms in total. The maximum atomic E-state index is 12.3. The van der Waals surface area contributed by atoms with Gasteiger partial charge in [0, 0.05) is 12.6 Å². The first-order valence-electron chi connectivity index (χ1n) is 8.72. The Morgan fingerprint density at radius 1 is 1.07 bits per heavy atom. The van der Waals surface area contributed by atoms with Crippen LogP contribution in [0.4, 0.5) is 0 Å². The average Bonchev–Trinajstić information content (AvgIpc) is 2.75. The zero-order valence-corrected chi connectivity index (χ0v) is 17.2. The quantitative estimate of drug-likeness (QED) is 0.621. The molecule has 156 valence electrons. The Bertz CT molecular complexity index is 977. The number of carbonyl (C=O) groups excluding carboxylic acids is 2. The number of benzene rings is 2. The van der Waals surface area contributed by atoms with Gasteiger partial charge in [0.05, 0.1) is 12.0 Å². The highest BCUT2D eigenvalue weighted by Gasteiger charge is 2.22. The summed E-state index contributed by atoms with van der Waals surface area (Å²) in [5, 5.41) is 0. The average molecular weight is 421 g/mol. The van der Waals surface area contributed by atoms with Crippen molar-refractivity contribution in [1.82, 2.24) is 15.3 Å². The van der Waals surface area contributed by atoms with Crippen LogP contribution in [0.2, 0.25) is 0 Å². The normalized spacial score (nSPS) is 11.2. The lowest BCUT2D eigenvalue weighted by atomic mass is 10.1. The van der Waals surface area contributed by atoms with Gasteiger partial charge in [-0.15, -0.1) is 0 Å². The van der Waals surface area contributed by atoms with Gasteiger partial charge in [-0.25, -0.2) is 8.42 Å². The molecule has 0 aliphatic heterocycles. The Labute approximate surface area is 169 Å². The van der Waals surface area contributed by atoms with Crippen molar-refractivity contribution in [1.29, 1.82) is 0 Å². The molecule has 0 heterocycles. The maximum absolute atomic E-state index is 12.3. The third kappa shape index (κ3) is 5.76. The molecule has 10 heteroatoms. The Morgan fingerprint density at radius 3 is 2.48 bits per heavy atom. The molecule has 0 aromatic heterocycles. The van der Waals surface area contributed by atoms with E-state index in [9.17, 15) is 18.0 Å². The molecule has 0 fully saturated rings. The van der Waals surface area contributed by atoms with Gasteiger partial charge in [0.1, 0.15) is 5.75 Å². The fourth-order valence-electron chi connectivity index (χ4n) is 2.36. The van der Waals surface area contributed by atoms with Crippen LogP contribution in [0.3, 0.4) is 0 Å². The Morgan fingerprint density at radius 2 is 1.79 bits per heavy atom. The molecule has 2 aromatic carbocycles. The van der Waals surface area contributed by atoms with Crippen LogP contribution in [0.5, 0.6) is 5.75 Å². The highest BCUT2D eigenvalue weighted by atomic mass is 32.2. The van der Waals surface area contributed by atoms with Crippen LogP contribution in [0.15, 0.2) is 53.4 Å². The van der Waals surface area contributed by atoms with Crippen LogP contribution in [-0.4, -0.2) is 45.5 Å². The SMILES string of the molecule is CCc1ccccc1OCC(=O)NNC(=O)c1cccc(S(=O)(=O)N(C)OC)c1. The summed E-state index contributed by atoms with van der Waals surface area (Å²) < 4.78 is 30.7. The number of aryl methyl sites for hydroxylation is 1. The highest BCUT2D eigenvalue weighted by Crippen LogP contribution is 2.18. The van der Waals surface area contributed by atoms with Crippen LogP contribution in [0, 0.1) is 0 Å². The van der Waals surface area contributed by atoms with Crippen LogP contribution in [-0.2, 0) is 26.1 Å². The van der Waals surface area contributed by atoms with E-state index in [1.165, 1.54) is 38.4 Å². The molecule has 29 heavy (non-hydrogen) atoms. The van der Waals surface area contributed by atoms with Gasteiger partial charge in [-0.2, -0.15) is 0 Å². The predicted molar refractivity (Wildman–Crippen MR) is 105 cm³/mol. The number of sulfonamides is 1. The minimum atomic E-state index is -3.90. The summed E-state index contributed by atoms with van der Waals surface area (Å²) in [7, 11) is -1.45. The molecule has 0 unspecified atom stereocenters. The van der Waals surface area contributed by atoms with E-state index < -0.39 is 21.8 Å². The van der Waals surface area contributed by atoms with Crippen molar-refractivity contribution in [3.05, 3.63) is 59.7 Å². The van der Waals surface area contributed by atoms with Crippen LogP contribution in [0.25, 0.3) is 0 Å². The van der Waals surface area contributed by atoms with Crippen molar-refractivity contribution >= 4 is 21.8 Å². The number of rotatable bonds is 8. The second kappa shape index (κ2) is 10.0. The van der Waals surface area contributed by atoms with Gasteiger partial charge < -0.3 is 4.74 Å². The third-order valence-corrected chi connectivity index (χ3v) is 5.69. The molecule has 0 atom stereocenters. The van der Waals surface area contributed by atoms with Gasteiger partial charge in [0.25, 0.3) is 21.8 Å². The summed E-state index contributed by atoms with van der Waals surface area (Å²) in [5.41, 5.74) is 5.47. The van der Waals surface area contributed by atoms with E-state index in [1.807, 2.05) is 19.1 Å². The number of nitrogens with one attached hydrogen (secondary N) is 2. The summed E-state index contributed by atoms with van der Waals surface area (Å²) in [6.07, 6.45) is 0.756. The van der Waals surface area contributed by atoms with Crippen molar-refractivity contribution in [3.8, 4) is 5.75 Å². The number of amides is 2. The minimum Gasteiger partial charge on any atom is -0.483 e. The highest BCUT2D eigenvalue weighted by molar-refractivity contribution is 7.89. The second-order valence-corrected chi connectivity index (χ2v) is 7.81. The van der Waals surface area contributed by atoms with Gasteiger partial charge in [-0.05, 0) is 36.2 Å². The predicted octanol–water partition coefficient (Wildman–Crippen LogP) is 1.27. The molecule has 0 radical (unpaired) electrons. The number of carbonyl (C=O) groups is 2. The fourth-order valence-corrected chi connectivity index (χ4v) is 3.38. The Kier molecular flexibility index (Phi) is 7.71. The first kappa shape index (κ1) is 22.3. The molecule has 0 bridgehead atoms. The first-order chi connectivity index (χ1) is 13.8. The molecule has 0 aliphatic rings. The van der Waals surface area contributed by atoms with Crippen LogP contribution in [0.1, 0.15) is 22.8 Å². The standard InChI is InChI=1S/C19H23N3O6S/c1-4-14-8-5-6-11-17(14)28-13-18(23)20-21-19(24)15-9-7-10-16(12-15)29(25,26)22(2)27-3/h5-12H,4,13H2,1-3H3,(H,20,23)(H,21,24). The van der Waals surface area contributed by atoms with Crippen molar-refractivity contribution in [2.24, 2.45) is 0 Å². The Balaban J connectivity index is 1.95. The molecule has 0 aliphatic carbocycles. The molecular formula is C19H23N3O6S. The summed E-state index contributed by atoms with van der Waals surface area (Å²) in [6.45, 7) is 1.69. The van der Waals surface area contributed by atoms with Crippen molar-refractivity contribution in [2.75, 3.05) is 20.8 Å². The second-order valence-electron chi connectivity index (χ2n) is 5.88. The van der Waals surface area contributed by atoms with Gasteiger partial charge in [0.2, 0.25) is 0 Å². The summed E-state index contributed by atoms with van der Waals surface area (Å²) >= 11 is 0. The number of hydrogen-bond acceptors (Lipinski definition) is 6. The number of hydroxylamine groups is 1. The number of nitrogens with zero attached hydrogens (tertiary/aromatic N) is 1. The molecule has 0 spiro atoms. The van der Waals surface area contributed by atoms with Crippen LogP contribution < -0.4 is 15.6 Å². The van der Waals surface area contributed by atoms with Gasteiger partial charge in [-0.1, -0.05) is 35.7 Å². The van der Waals surface area contributed by atoms with Gasteiger partial charge >= 0.3 is 0 Å². The van der Waals surface area contributed by atoms with Crippen molar-refractivity contribution in [3.63, 3.8) is 0 Å². The zero-order valence-electron chi connectivity index (χ0n) is 16.3. The number of para-hydroxylation sites is 1. The Hall–Kier alpha value is -2.95. The first-order valence-corrected chi connectivity index (χ1v) is 10.2. The lowest BCUT2D eigenvalue weighted by Gasteiger charge is -2.15. The third-order valence-electron chi connectivity index (χ3n) is 4.02. The van der Waals surface area contributed by atoms with Gasteiger partial charge in [0.15, 0.2) is 6.61 Å². The molecule has 2 aromatic rings. The summed E-state index contributed by atoms with van der Waals surface area (Å²) in [5.74, 6) is -0.645. The number of ether oxygens (including phenoxy) is 1. The lowest BCUT2D eigenvalue weighted by molar-refractivity contribution is -0.123. The molecule has 2 amide bonds. The topological polar surface area (TPSA) is 114 Å². The van der Waals surface area contributed by atoms with Crippen molar-refractivity contribution < 1.29 is 27.6 Å². The largest absolute Gasteiger partial charge is 0.483 e.